The molecule has 2 atom stereocenters. The van der Waals surface area contributed by atoms with Crippen molar-refractivity contribution in [2.45, 2.75) is 19.4 Å². The minimum atomic E-state index is -0.705. The molecule has 1 saturated heterocycles. The van der Waals surface area contributed by atoms with Crippen molar-refractivity contribution in [1.82, 2.24) is 10.6 Å². The van der Waals surface area contributed by atoms with Gasteiger partial charge in [-0.05, 0) is 24.1 Å². The van der Waals surface area contributed by atoms with Crippen molar-refractivity contribution in [3.63, 3.8) is 0 Å². The van der Waals surface area contributed by atoms with Crippen LogP contribution in [0.4, 0.5) is 4.79 Å². The van der Waals surface area contributed by atoms with Gasteiger partial charge in [0.25, 0.3) is 0 Å². The van der Waals surface area contributed by atoms with Crippen LogP contribution in [0.15, 0.2) is 41.0 Å². The predicted octanol–water partition coefficient (Wildman–Crippen LogP) is 2.90. The highest BCUT2D eigenvalue weighted by molar-refractivity contribution is 9.10. The summed E-state index contributed by atoms with van der Waals surface area (Å²) in [6.07, 6.45) is 0.911. The highest BCUT2D eigenvalue weighted by Gasteiger charge is 2.38. The molecule has 24 heavy (non-hydrogen) atoms. The molecule has 2 N–H and O–H groups in total. The molecule has 2 amide bonds. The van der Waals surface area contributed by atoms with Gasteiger partial charge in [-0.2, -0.15) is 0 Å². The van der Waals surface area contributed by atoms with Crippen LogP contribution in [0, 0.1) is 5.92 Å². The summed E-state index contributed by atoms with van der Waals surface area (Å²) < 4.78 is 11.4. The van der Waals surface area contributed by atoms with Crippen LogP contribution in [0.2, 0.25) is 0 Å². The SMILES string of the molecule is C=C1NC(=O)N[C@H](c2cccc(Br)c2)[C@H]1C(=O)OCCOCCC. The summed E-state index contributed by atoms with van der Waals surface area (Å²) in [6, 6.07) is 6.50. The van der Waals surface area contributed by atoms with Crippen molar-refractivity contribution in [2.24, 2.45) is 5.92 Å². The molecule has 1 aliphatic heterocycles. The number of carbonyl (C=O) groups is 2. The lowest BCUT2D eigenvalue weighted by Crippen LogP contribution is -2.51. The number of ether oxygens (including phenoxy) is 2. The third-order valence-corrected chi connectivity index (χ3v) is 4.04. The van der Waals surface area contributed by atoms with Gasteiger partial charge in [-0.25, -0.2) is 4.79 Å². The molecule has 0 saturated carbocycles. The maximum absolute atomic E-state index is 12.5. The first-order chi connectivity index (χ1) is 11.5. The molecule has 1 fully saturated rings. The van der Waals surface area contributed by atoms with Crippen molar-refractivity contribution in [2.75, 3.05) is 19.8 Å². The Labute approximate surface area is 149 Å². The molecule has 0 unspecified atom stereocenters. The molecule has 0 radical (unpaired) electrons. The van der Waals surface area contributed by atoms with E-state index in [-0.39, 0.29) is 12.6 Å². The van der Waals surface area contributed by atoms with E-state index in [9.17, 15) is 9.59 Å². The Morgan fingerprint density at radius 3 is 2.83 bits per heavy atom. The molecule has 7 heteroatoms. The average molecular weight is 397 g/mol. The fraction of sp³-hybridized carbons (Fsp3) is 0.412. The van der Waals surface area contributed by atoms with Crippen LogP contribution in [0.3, 0.4) is 0 Å². The van der Waals surface area contributed by atoms with Gasteiger partial charge >= 0.3 is 12.0 Å². The molecule has 6 nitrogen and oxygen atoms in total. The van der Waals surface area contributed by atoms with Crippen molar-refractivity contribution >= 4 is 27.9 Å². The number of urea groups is 1. The van der Waals surface area contributed by atoms with Crippen LogP contribution in [0.1, 0.15) is 24.9 Å². The van der Waals surface area contributed by atoms with E-state index in [1.807, 2.05) is 31.2 Å². The Kier molecular flexibility index (Phi) is 6.81. The Bertz CT molecular complexity index is 620. The number of amides is 2. The Balaban J connectivity index is 2.09. The summed E-state index contributed by atoms with van der Waals surface area (Å²) in [6.45, 7) is 6.96. The summed E-state index contributed by atoms with van der Waals surface area (Å²) in [7, 11) is 0. The highest BCUT2D eigenvalue weighted by Crippen LogP contribution is 2.31. The van der Waals surface area contributed by atoms with Crippen LogP contribution < -0.4 is 10.6 Å². The van der Waals surface area contributed by atoms with Crippen molar-refractivity contribution in [3.8, 4) is 0 Å². The van der Waals surface area contributed by atoms with E-state index in [0.717, 1.165) is 16.5 Å². The molecule has 0 bridgehead atoms. The van der Waals surface area contributed by atoms with Crippen LogP contribution in [-0.2, 0) is 14.3 Å². The molecule has 2 rings (SSSR count). The quantitative estimate of drug-likeness (QED) is 0.548. The summed E-state index contributed by atoms with van der Waals surface area (Å²) >= 11 is 3.40. The first-order valence-electron chi connectivity index (χ1n) is 7.79. The zero-order valence-electron chi connectivity index (χ0n) is 13.5. The number of esters is 1. The standard InChI is InChI=1S/C17H21BrN2O4/c1-3-7-23-8-9-24-16(21)14-11(2)19-17(22)20-15(14)12-5-4-6-13(18)10-12/h4-6,10,14-15H,2-3,7-9H2,1H3,(H2,19,20,22)/t14-,15+/m0/s1. The second-order valence-electron chi connectivity index (χ2n) is 5.41. The van der Waals surface area contributed by atoms with Gasteiger partial charge in [0.1, 0.15) is 12.5 Å². The third kappa shape index (κ3) is 4.82. The largest absolute Gasteiger partial charge is 0.463 e. The fourth-order valence-electron chi connectivity index (χ4n) is 2.48. The molecule has 1 aromatic carbocycles. The van der Waals surface area contributed by atoms with Crippen molar-refractivity contribution < 1.29 is 19.1 Å². The number of benzene rings is 1. The zero-order chi connectivity index (χ0) is 17.5. The van der Waals surface area contributed by atoms with Crippen LogP contribution in [0.5, 0.6) is 0 Å². The van der Waals surface area contributed by atoms with Gasteiger partial charge in [0, 0.05) is 16.8 Å². The third-order valence-electron chi connectivity index (χ3n) is 3.55. The van der Waals surface area contributed by atoms with Gasteiger partial charge in [0.2, 0.25) is 0 Å². The summed E-state index contributed by atoms with van der Waals surface area (Å²) in [5.74, 6) is -1.15. The summed E-state index contributed by atoms with van der Waals surface area (Å²) in [5, 5.41) is 5.32. The summed E-state index contributed by atoms with van der Waals surface area (Å²) in [5.41, 5.74) is 1.12. The van der Waals surface area contributed by atoms with Gasteiger partial charge in [-0.15, -0.1) is 0 Å². The van der Waals surface area contributed by atoms with E-state index in [0.29, 0.717) is 18.9 Å². The first kappa shape index (κ1) is 18.5. The average Bonchev–Trinajstić information content (AvgIpc) is 2.53. The Morgan fingerprint density at radius 2 is 2.12 bits per heavy atom. The number of rotatable bonds is 7. The van der Waals surface area contributed by atoms with E-state index >= 15 is 0 Å². The lowest BCUT2D eigenvalue weighted by molar-refractivity contribution is -0.150. The van der Waals surface area contributed by atoms with E-state index < -0.39 is 17.9 Å². The number of halogens is 1. The molecule has 130 valence electrons. The van der Waals surface area contributed by atoms with Gasteiger partial charge < -0.3 is 20.1 Å². The summed E-state index contributed by atoms with van der Waals surface area (Å²) in [4.78, 5) is 24.3. The molecular weight excluding hydrogens is 376 g/mol. The van der Waals surface area contributed by atoms with Crippen molar-refractivity contribution in [1.29, 1.82) is 0 Å². The molecule has 0 spiro atoms. The fourth-order valence-corrected chi connectivity index (χ4v) is 2.89. The van der Waals surface area contributed by atoms with Gasteiger partial charge in [-0.1, -0.05) is 41.6 Å². The van der Waals surface area contributed by atoms with E-state index in [2.05, 4.69) is 33.1 Å². The topological polar surface area (TPSA) is 76.7 Å². The number of hydrogen-bond donors (Lipinski definition) is 2. The molecule has 1 aromatic rings. The first-order valence-corrected chi connectivity index (χ1v) is 8.58. The van der Waals surface area contributed by atoms with Crippen molar-refractivity contribution in [3.05, 3.63) is 46.6 Å². The second-order valence-corrected chi connectivity index (χ2v) is 6.33. The maximum atomic E-state index is 12.5. The monoisotopic (exact) mass is 396 g/mol. The van der Waals surface area contributed by atoms with E-state index in [1.54, 1.807) is 0 Å². The predicted molar refractivity (Wildman–Crippen MR) is 93.2 cm³/mol. The number of carbonyl (C=O) groups excluding carboxylic acids is 2. The minimum absolute atomic E-state index is 0.168. The zero-order valence-corrected chi connectivity index (χ0v) is 15.1. The Hall–Kier alpha value is -1.86. The van der Waals surface area contributed by atoms with Gasteiger partial charge in [0.15, 0.2) is 0 Å². The van der Waals surface area contributed by atoms with Crippen LogP contribution in [0.25, 0.3) is 0 Å². The number of nitrogens with one attached hydrogen (secondary N) is 2. The van der Waals surface area contributed by atoms with E-state index in [1.165, 1.54) is 0 Å². The highest BCUT2D eigenvalue weighted by atomic mass is 79.9. The molecule has 1 aliphatic rings. The number of hydrogen-bond acceptors (Lipinski definition) is 4. The van der Waals surface area contributed by atoms with Gasteiger partial charge in [-0.3, -0.25) is 4.79 Å². The smallest absolute Gasteiger partial charge is 0.319 e. The van der Waals surface area contributed by atoms with Gasteiger partial charge in [0.05, 0.1) is 12.6 Å². The van der Waals surface area contributed by atoms with E-state index in [4.69, 9.17) is 9.47 Å². The molecule has 1 heterocycles. The molecule has 0 aromatic heterocycles. The normalized spacial score (nSPS) is 20.2. The lowest BCUT2D eigenvalue weighted by Gasteiger charge is -2.33. The maximum Gasteiger partial charge on any atom is 0.319 e. The van der Waals surface area contributed by atoms with Crippen LogP contribution in [-0.4, -0.2) is 31.8 Å². The second kappa shape index (κ2) is 8.84. The Morgan fingerprint density at radius 1 is 1.33 bits per heavy atom. The van der Waals surface area contributed by atoms with Crippen LogP contribution >= 0.6 is 15.9 Å². The molecule has 0 aliphatic carbocycles. The minimum Gasteiger partial charge on any atom is -0.463 e. The lowest BCUT2D eigenvalue weighted by atomic mass is 9.89. The molecular formula is C17H21BrN2O4.